The highest BCUT2D eigenvalue weighted by molar-refractivity contribution is 8.01. The van der Waals surface area contributed by atoms with Crippen LogP contribution in [-0.4, -0.2) is 42.4 Å². The van der Waals surface area contributed by atoms with E-state index in [4.69, 9.17) is 4.74 Å². The first-order valence-electron chi connectivity index (χ1n) is 8.60. The molecule has 0 aliphatic carbocycles. The molecule has 2 aliphatic rings. The van der Waals surface area contributed by atoms with Gasteiger partial charge in [-0.1, -0.05) is 24.3 Å². The van der Waals surface area contributed by atoms with Crippen LogP contribution in [0.1, 0.15) is 11.1 Å². The Labute approximate surface area is 151 Å². The van der Waals surface area contributed by atoms with Crippen LogP contribution in [0.5, 0.6) is 0 Å². The number of nitrogens with zero attached hydrogens (tertiary/aromatic N) is 2. The van der Waals surface area contributed by atoms with Gasteiger partial charge in [0.05, 0.1) is 18.5 Å². The number of fused-ring (bicyclic) bond motifs is 1. The normalized spacial score (nSPS) is 19.5. The van der Waals surface area contributed by atoms with E-state index < -0.39 is 0 Å². The highest BCUT2D eigenvalue weighted by atomic mass is 32.2. The second-order valence-electron chi connectivity index (χ2n) is 6.22. The van der Waals surface area contributed by atoms with E-state index in [9.17, 15) is 4.79 Å². The number of morpholine rings is 1. The highest BCUT2D eigenvalue weighted by Crippen LogP contribution is 2.36. The predicted octanol–water partition coefficient (Wildman–Crippen LogP) is 2.25. The van der Waals surface area contributed by atoms with Crippen LogP contribution in [0.15, 0.2) is 47.5 Å². The van der Waals surface area contributed by atoms with Gasteiger partial charge < -0.3 is 15.0 Å². The lowest BCUT2D eigenvalue weighted by Crippen LogP contribution is -2.38. The second-order valence-corrected chi connectivity index (χ2v) is 7.47. The SMILES string of the molecule is O=C(NCc1cccnc1N1CCOCC1)C1Cc2ccccc2S1. The van der Waals surface area contributed by atoms with Crippen molar-refractivity contribution >= 4 is 23.5 Å². The maximum Gasteiger partial charge on any atom is 0.234 e. The summed E-state index contributed by atoms with van der Waals surface area (Å²) < 4.78 is 5.42. The summed E-state index contributed by atoms with van der Waals surface area (Å²) in [4.78, 5) is 20.6. The quantitative estimate of drug-likeness (QED) is 0.912. The number of amides is 1. The molecule has 1 fully saturated rings. The van der Waals surface area contributed by atoms with E-state index in [0.29, 0.717) is 6.54 Å². The van der Waals surface area contributed by atoms with E-state index in [0.717, 1.165) is 44.1 Å². The molecular formula is C19H21N3O2S. The van der Waals surface area contributed by atoms with E-state index in [1.807, 2.05) is 24.3 Å². The molecule has 0 radical (unpaired) electrons. The number of aromatic nitrogens is 1. The molecule has 1 aromatic heterocycles. The van der Waals surface area contributed by atoms with Crippen LogP contribution in [0.2, 0.25) is 0 Å². The number of pyridine rings is 1. The van der Waals surface area contributed by atoms with E-state index in [-0.39, 0.29) is 11.2 Å². The minimum atomic E-state index is -0.0408. The molecular weight excluding hydrogens is 334 g/mol. The van der Waals surface area contributed by atoms with Gasteiger partial charge in [0.2, 0.25) is 5.91 Å². The molecule has 25 heavy (non-hydrogen) atoms. The van der Waals surface area contributed by atoms with Crippen molar-refractivity contribution in [2.75, 3.05) is 31.2 Å². The van der Waals surface area contributed by atoms with E-state index in [2.05, 4.69) is 27.3 Å². The fourth-order valence-electron chi connectivity index (χ4n) is 3.25. The molecule has 130 valence electrons. The third-order valence-corrected chi connectivity index (χ3v) is 5.89. The van der Waals surface area contributed by atoms with Crippen molar-refractivity contribution < 1.29 is 9.53 Å². The molecule has 3 heterocycles. The first-order chi connectivity index (χ1) is 12.3. The lowest BCUT2D eigenvalue weighted by atomic mass is 10.1. The zero-order chi connectivity index (χ0) is 17.1. The molecule has 1 unspecified atom stereocenters. The third-order valence-electron chi connectivity index (χ3n) is 4.57. The summed E-state index contributed by atoms with van der Waals surface area (Å²) in [5.41, 5.74) is 2.32. The third kappa shape index (κ3) is 3.65. The molecule has 1 atom stereocenters. The van der Waals surface area contributed by atoms with Gasteiger partial charge in [-0.05, 0) is 24.1 Å². The molecule has 0 spiro atoms. The average molecular weight is 355 g/mol. The number of anilines is 1. The van der Waals surface area contributed by atoms with Gasteiger partial charge in [0.25, 0.3) is 0 Å². The Hall–Kier alpha value is -2.05. The van der Waals surface area contributed by atoms with Gasteiger partial charge in [-0.15, -0.1) is 11.8 Å². The Balaban J connectivity index is 1.39. The molecule has 1 amide bonds. The van der Waals surface area contributed by atoms with Gasteiger partial charge in [0.1, 0.15) is 5.82 Å². The molecule has 5 nitrogen and oxygen atoms in total. The maximum atomic E-state index is 12.6. The van der Waals surface area contributed by atoms with Gasteiger partial charge >= 0.3 is 0 Å². The van der Waals surface area contributed by atoms with Crippen molar-refractivity contribution in [3.63, 3.8) is 0 Å². The van der Waals surface area contributed by atoms with E-state index in [1.165, 1.54) is 10.5 Å². The lowest BCUT2D eigenvalue weighted by Gasteiger charge is -2.29. The average Bonchev–Trinajstić information content (AvgIpc) is 3.11. The van der Waals surface area contributed by atoms with Crippen LogP contribution in [0.4, 0.5) is 5.82 Å². The minimum absolute atomic E-state index is 0.0408. The molecule has 1 saturated heterocycles. The zero-order valence-corrected chi connectivity index (χ0v) is 14.8. The largest absolute Gasteiger partial charge is 0.378 e. The van der Waals surface area contributed by atoms with Crippen LogP contribution >= 0.6 is 11.8 Å². The van der Waals surface area contributed by atoms with Crippen LogP contribution < -0.4 is 10.2 Å². The second kappa shape index (κ2) is 7.45. The first-order valence-corrected chi connectivity index (χ1v) is 9.48. The summed E-state index contributed by atoms with van der Waals surface area (Å²) in [6.07, 6.45) is 2.61. The van der Waals surface area contributed by atoms with E-state index >= 15 is 0 Å². The maximum absolute atomic E-state index is 12.6. The Bertz CT molecular complexity index is 737. The van der Waals surface area contributed by atoms with Gasteiger partial charge in [-0.2, -0.15) is 0 Å². The summed E-state index contributed by atoms with van der Waals surface area (Å²) >= 11 is 1.66. The Morgan fingerprint density at radius 1 is 1.24 bits per heavy atom. The Kier molecular flexibility index (Phi) is 4.90. The monoisotopic (exact) mass is 355 g/mol. The fraction of sp³-hybridized carbons (Fsp3) is 0.368. The molecule has 0 saturated carbocycles. The number of rotatable bonds is 4. The summed E-state index contributed by atoms with van der Waals surface area (Å²) in [5.74, 6) is 1.05. The molecule has 2 aliphatic heterocycles. The van der Waals surface area contributed by atoms with Crippen LogP contribution in [0, 0.1) is 0 Å². The first kappa shape index (κ1) is 16.4. The van der Waals surface area contributed by atoms with Crippen molar-refractivity contribution in [3.8, 4) is 0 Å². The summed E-state index contributed by atoms with van der Waals surface area (Å²) in [6, 6.07) is 12.2. The number of carbonyl (C=O) groups excluding carboxylic acids is 1. The number of carbonyl (C=O) groups is 1. The van der Waals surface area contributed by atoms with Crippen molar-refractivity contribution in [1.82, 2.24) is 10.3 Å². The van der Waals surface area contributed by atoms with Crippen molar-refractivity contribution in [1.29, 1.82) is 0 Å². The molecule has 4 rings (SSSR count). The van der Waals surface area contributed by atoms with Gasteiger partial charge in [-0.3, -0.25) is 4.79 Å². The van der Waals surface area contributed by atoms with Gasteiger partial charge in [0, 0.05) is 36.3 Å². The highest BCUT2D eigenvalue weighted by Gasteiger charge is 2.28. The summed E-state index contributed by atoms with van der Waals surface area (Å²) in [7, 11) is 0. The van der Waals surface area contributed by atoms with E-state index in [1.54, 1.807) is 18.0 Å². The number of hydrogen-bond donors (Lipinski definition) is 1. The van der Waals surface area contributed by atoms with Crippen molar-refractivity contribution in [2.24, 2.45) is 0 Å². The Morgan fingerprint density at radius 3 is 2.92 bits per heavy atom. The van der Waals surface area contributed by atoms with Crippen molar-refractivity contribution in [3.05, 3.63) is 53.7 Å². The van der Waals surface area contributed by atoms with Gasteiger partial charge in [0.15, 0.2) is 0 Å². The predicted molar refractivity (Wildman–Crippen MR) is 98.9 cm³/mol. The fourth-order valence-corrected chi connectivity index (χ4v) is 4.47. The van der Waals surface area contributed by atoms with Gasteiger partial charge in [-0.25, -0.2) is 4.98 Å². The topological polar surface area (TPSA) is 54.5 Å². The molecule has 1 N–H and O–H groups in total. The molecule has 2 aromatic rings. The molecule has 0 bridgehead atoms. The summed E-state index contributed by atoms with van der Waals surface area (Å²) in [6.45, 7) is 3.63. The van der Waals surface area contributed by atoms with Crippen LogP contribution in [-0.2, 0) is 22.5 Å². The number of benzene rings is 1. The molecule has 6 heteroatoms. The minimum Gasteiger partial charge on any atom is -0.378 e. The smallest absolute Gasteiger partial charge is 0.234 e. The standard InChI is InChI=1S/C19H21N3O2S/c23-19(17-12-14-4-1-2-6-16(14)25-17)21-13-15-5-3-7-20-18(15)22-8-10-24-11-9-22/h1-7,17H,8-13H2,(H,21,23). The van der Waals surface area contributed by atoms with Crippen molar-refractivity contribution in [2.45, 2.75) is 23.1 Å². The number of ether oxygens (including phenoxy) is 1. The van der Waals surface area contributed by atoms with Crippen LogP contribution in [0.3, 0.4) is 0 Å². The zero-order valence-electron chi connectivity index (χ0n) is 14.0. The summed E-state index contributed by atoms with van der Waals surface area (Å²) in [5, 5.41) is 3.06. The number of thioether (sulfide) groups is 1. The molecule has 1 aromatic carbocycles. The lowest BCUT2D eigenvalue weighted by molar-refractivity contribution is -0.120. The van der Waals surface area contributed by atoms with Crippen LogP contribution in [0.25, 0.3) is 0 Å². The number of hydrogen-bond acceptors (Lipinski definition) is 5. The number of nitrogens with one attached hydrogen (secondary N) is 1. The Morgan fingerprint density at radius 2 is 2.08 bits per heavy atom.